The van der Waals surface area contributed by atoms with Gasteiger partial charge in [-0.1, -0.05) is 30.3 Å². The van der Waals surface area contributed by atoms with Crippen LogP contribution in [0.1, 0.15) is 19.2 Å². The van der Waals surface area contributed by atoms with Gasteiger partial charge in [-0.15, -0.1) is 0 Å². The third-order valence-corrected chi connectivity index (χ3v) is 5.21. The van der Waals surface area contributed by atoms with Crippen LogP contribution in [0.4, 0.5) is 0 Å². The summed E-state index contributed by atoms with van der Waals surface area (Å²) >= 11 is 2.28. The Morgan fingerprint density at radius 2 is 1.80 bits per heavy atom. The zero-order chi connectivity index (χ0) is 17.4. The number of halogens is 1. The molecule has 0 aliphatic carbocycles. The van der Waals surface area contributed by atoms with E-state index in [1.807, 2.05) is 41.9 Å². The normalized spacial score (nSPS) is 12.9. The predicted molar refractivity (Wildman–Crippen MR) is 108 cm³/mol. The summed E-state index contributed by atoms with van der Waals surface area (Å²) in [6, 6.07) is 16.4. The third kappa shape index (κ3) is 3.16. The van der Waals surface area contributed by atoms with Gasteiger partial charge in [-0.05, 0) is 54.1 Å². The van der Waals surface area contributed by atoms with Crippen LogP contribution < -0.4 is 0 Å². The maximum Gasteiger partial charge on any atom is 0.131 e. The van der Waals surface area contributed by atoms with Gasteiger partial charge in [0.25, 0.3) is 0 Å². The van der Waals surface area contributed by atoms with E-state index in [1.165, 1.54) is 0 Å². The van der Waals surface area contributed by atoms with Crippen LogP contribution in [0.5, 0.6) is 0 Å². The average molecular weight is 446 g/mol. The molecule has 0 radical (unpaired) electrons. The molecule has 4 rings (SSSR count). The largest absolute Gasteiger partial charge is 0.393 e. The first-order valence-electron chi connectivity index (χ1n) is 8.37. The van der Waals surface area contributed by atoms with Crippen molar-refractivity contribution in [1.82, 2.24) is 19.3 Å². The van der Waals surface area contributed by atoms with Crippen molar-refractivity contribution in [1.29, 1.82) is 0 Å². The first kappa shape index (κ1) is 16.5. The molecule has 1 N–H and O–H groups in total. The highest BCUT2D eigenvalue weighted by atomic mass is 127. The number of para-hydroxylation sites is 3. The van der Waals surface area contributed by atoms with Crippen LogP contribution in [0.25, 0.3) is 21.9 Å². The Morgan fingerprint density at radius 1 is 1.08 bits per heavy atom. The van der Waals surface area contributed by atoms with E-state index >= 15 is 0 Å². The number of hydrogen-bond donors (Lipinski definition) is 1. The molecule has 0 aliphatic rings. The molecule has 1 atom stereocenters. The van der Waals surface area contributed by atoms with E-state index in [0.29, 0.717) is 13.0 Å². The lowest BCUT2D eigenvalue weighted by atomic mass is 10.2. The molecule has 5 nitrogen and oxygen atoms in total. The second-order valence-corrected chi connectivity index (χ2v) is 7.29. The minimum atomic E-state index is -0.333. The van der Waals surface area contributed by atoms with Gasteiger partial charge < -0.3 is 9.67 Å². The number of aliphatic hydroxyl groups excluding tert-OH is 1. The summed E-state index contributed by atoms with van der Waals surface area (Å²) in [6.07, 6.45) is 0.366. The maximum atomic E-state index is 9.70. The fourth-order valence-electron chi connectivity index (χ4n) is 3.15. The quantitative estimate of drug-likeness (QED) is 0.475. The third-order valence-electron chi connectivity index (χ3n) is 4.41. The van der Waals surface area contributed by atoms with Crippen molar-refractivity contribution in [2.75, 3.05) is 0 Å². The van der Waals surface area contributed by atoms with Crippen LogP contribution in [0.3, 0.4) is 0 Å². The summed E-state index contributed by atoms with van der Waals surface area (Å²) < 4.78 is 5.21. The van der Waals surface area contributed by atoms with Gasteiger partial charge in [-0.25, -0.2) is 4.98 Å². The average Bonchev–Trinajstić information content (AvgIpc) is 3.11. The van der Waals surface area contributed by atoms with Gasteiger partial charge in [0.05, 0.1) is 29.2 Å². The number of nitrogens with zero attached hydrogens (tertiary/aromatic N) is 4. The Balaban J connectivity index is 1.78. The molecule has 2 aromatic carbocycles. The van der Waals surface area contributed by atoms with E-state index in [-0.39, 0.29) is 6.10 Å². The van der Waals surface area contributed by atoms with Gasteiger partial charge in [-0.2, -0.15) is 5.10 Å². The Morgan fingerprint density at radius 3 is 2.60 bits per heavy atom. The van der Waals surface area contributed by atoms with Crippen molar-refractivity contribution in [3.05, 3.63) is 58.1 Å². The zero-order valence-electron chi connectivity index (χ0n) is 13.9. The molecule has 0 fully saturated rings. The minimum absolute atomic E-state index is 0.333. The summed E-state index contributed by atoms with van der Waals surface area (Å²) in [6.45, 7) is 3.17. The Bertz CT molecular complexity index is 1030. The van der Waals surface area contributed by atoms with Crippen LogP contribution in [0, 0.1) is 3.70 Å². The van der Waals surface area contributed by atoms with Crippen LogP contribution in [0.2, 0.25) is 0 Å². The zero-order valence-corrected chi connectivity index (χ0v) is 16.1. The first-order chi connectivity index (χ1) is 12.1. The van der Waals surface area contributed by atoms with Gasteiger partial charge in [-0.3, -0.25) is 4.68 Å². The number of aliphatic hydroxyl groups is 1. The molecular formula is C19H19IN4O. The van der Waals surface area contributed by atoms with Crippen LogP contribution in [-0.4, -0.2) is 30.5 Å². The summed E-state index contributed by atoms with van der Waals surface area (Å²) in [5.74, 6) is 0.964. The summed E-state index contributed by atoms with van der Waals surface area (Å²) in [5, 5.41) is 15.6. The van der Waals surface area contributed by atoms with E-state index in [2.05, 4.69) is 45.4 Å². The standard InChI is InChI=1S/C19H19IN4O/c1-13(25)10-11-23-17-9-5-3-7-15(17)21-18(23)12-24-16-8-4-2-6-14(16)19(20)22-24/h2-9,13,25H,10-12H2,1H3. The molecule has 2 heterocycles. The molecule has 0 spiro atoms. The first-order valence-corrected chi connectivity index (χ1v) is 9.44. The Kier molecular flexibility index (Phi) is 4.47. The monoisotopic (exact) mass is 446 g/mol. The smallest absolute Gasteiger partial charge is 0.131 e. The topological polar surface area (TPSA) is 55.9 Å². The number of fused-ring (bicyclic) bond motifs is 2. The molecule has 2 aromatic heterocycles. The maximum absolute atomic E-state index is 9.70. The van der Waals surface area contributed by atoms with Crippen LogP contribution in [-0.2, 0) is 13.1 Å². The fraction of sp³-hybridized carbons (Fsp3) is 0.263. The van der Waals surface area contributed by atoms with E-state index < -0.39 is 0 Å². The summed E-state index contributed by atoms with van der Waals surface area (Å²) in [4.78, 5) is 4.82. The second-order valence-electron chi connectivity index (χ2n) is 6.27. The molecular weight excluding hydrogens is 427 g/mol. The van der Waals surface area contributed by atoms with Crippen molar-refractivity contribution in [2.24, 2.45) is 0 Å². The molecule has 0 amide bonds. The van der Waals surface area contributed by atoms with Crippen LogP contribution in [0.15, 0.2) is 48.5 Å². The molecule has 25 heavy (non-hydrogen) atoms. The lowest BCUT2D eigenvalue weighted by Gasteiger charge is -2.11. The van der Waals surface area contributed by atoms with E-state index in [4.69, 9.17) is 10.1 Å². The Hall–Kier alpha value is -1.93. The van der Waals surface area contributed by atoms with E-state index in [1.54, 1.807) is 0 Å². The molecule has 0 bridgehead atoms. The highest BCUT2D eigenvalue weighted by Crippen LogP contribution is 2.22. The molecule has 128 valence electrons. The molecule has 4 aromatic rings. The second kappa shape index (κ2) is 6.76. The number of rotatable bonds is 5. The molecule has 1 unspecified atom stereocenters. The van der Waals surface area contributed by atoms with Gasteiger partial charge in [0.2, 0.25) is 0 Å². The van der Waals surface area contributed by atoms with Gasteiger partial charge in [0.1, 0.15) is 9.53 Å². The highest BCUT2D eigenvalue weighted by Gasteiger charge is 2.14. The van der Waals surface area contributed by atoms with E-state index in [9.17, 15) is 5.11 Å². The highest BCUT2D eigenvalue weighted by molar-refractivity contribution is 14.1. The lowest BCUT2D eigenvalue weighted by Crippen LogP contribution is -2.13. The lowest BCUT2D eigenvalue weighted by molar-refractivity contribution is 0.178. The van der Waals surface area contributed by atoms with Gasteiger partial charge >= 0.3 is 0 Å². The molecule has 0 aliphatic heterocycles. The SMILES string of the molecule is CC(O)CCn1c(Cn2nc(I)c3ccccc32)nc2ccccc21. The van der Waals surface area contributed by atoms with Crippen LogP contribution >= 0.6 is 22.6 Å². The van der Waals surface area contributed by atoms with Crippen molar-refractivity contribution in [3.63, 3.8) is 0 Å². The van der Waals surface area contributed by atoms with Crippen molar-refractivity contribution >= 4 is 44.5 Å². The summed E-state index contributed by atoms with van der Waals surface area (Å²) in [5.41, 5.74) is 3.19. The van der Waals surface area contributed by atoms with Gasteiger partial charge in [0, 0.05) is 11.9 Å². The number of imidazole rings is 1. The predicted octanol–water partition coefficient (Wildman–Crippen LogP) is 3.81. The van der Waals surface area contributed by atoms with E-state index in [0.717, 1.165) is 38.0 Å². The molecule has 6 heteroatoms. The van der Waals surface area contributed by atoms with Crippen molar-refractivity contribution < 1.29 is 5.11 Å². The number of hydrogen-bond acceptors (Lipinski definition) is 3. The van der Waals surface area contributed by atoms with Crippen molar-refractivity contribution in [3.8, 4) is 0 Å². The number of benzene rings is 2. The Labute approximate surface area is 159 Å². The number of aromatic nitrogens is 4. The fourth-order valence-corrected chi connectivity index (χ4v) is 3.87. The van der Waals surface area contributed by atoms with Crippen molar-refractivity contribution in [2.45, 2.75) is 32.5 Å². The summed E-state index contributed by atoms with van der Waals surface area (Å²) in [7, 11) is 0. The molecule has 0 saturated heterocycles. The number of aryl methyl sites for hydroxylation is 1. The minimum Gasteiger partial charge on any atom is -0.393 e. The molecule has 0 saturated carbocycles. The van der Waals surface area contributed by atoms with Gasteiger partial charge in [0.15, 0.2) is 0 Å².